The molecule has 0 aliphatic rings. The zero-order valence-electron chi connectivity index (χ0n) is 13.3. The summed E-state index contributed by atoms with van der Waals surface area (Å²) in [6.45, 7) is 8.24. The van der Waals surface area contributed by atoms with Crippen LogP contribution >= 0.6 is 0 Å². The summed E-state index contributed by atoms with van der Waals surface area (Å²) >= 11 is 0. The number of benzene rings is 1. The van der Waals surface area contributed by atoms with Gasteiger partial charge < -0.3 is 4.90 Å². The second-order valence-electron chi connectivity index (χ2n) is 5.68. The number of nitrogens with two attached hydrogens (primary N) is 1. The lowest BCUT2D eigenvalue weighted by atomic mass is 10.0. The Bertz CT molecular complexity index is 639. The van der Waals surface area contributed by atoms with E-state index < -0.39 is 10.0 Å². The fraction of sp³-hybridized carbons (Fsp3) is 0.533. The first-order valence-electron chi connectivity index (χ1n) is 6.97. The molecule has 1 atom stereocenters. The third kappa shape index (κ3) is 4.28. The summed E-state index contributed by atoms with van der Waals surface area (Å²) in [5.41, 5.74) is 1.69. The minimum absolute atomic E-state index is 0.00777. The van der Waals surface area contributed by atoms with Gasteiger partial charge in [-0.05, 0) is 37.0 Å². The molecule has 0 bridgehead atoms. The monoisotopic (exact) mass is 312 g/mol. The van der Waals surface area contributed by atoms with Crippen LogP contribution in [0.1, 0.15) is 41.8 Å². The topological polar surface area (TPSA) is 80.5 Å². The lowest BCUT2D eigenvalue weighted by molar-refractivity contribution is 0.0774. The van der Waals surface area contributed by atoms with Crippen molar-refractivity contribution >= 4 is 15.9 Å². The van der Waals surface area contributed by atoms with Crippen LogP contribution in [0.5, 0.6) is 0 Å². The Morgan fingerprint density at radius 1 is 1.29 bits per heavy atom. The highest BCUT2D eigenvalue weighted by Gasteiger charge is 2.20. The highest BCUT2D eigenvalue weighted by atomic mass is 32.2. The number of nitrogens with zero attached hydrogens (tertiary/aromatic N) is 1. The maximum atomic E-state index is 12.5. The highest BCUT2D eigenvalue weighted by Crippen LogP contribution is 2.21. The van der Waals surface area contributed by atoms with Gasteiger partial charge in [-0.25, -0.2) is 13.6 Å². The molecule has 0 fully saturated rings. The first kappa shape index (κ1) is 17.7. The average Bonchev–Trinajstić information content (AvgIpc) is 2.36. The number of carbonyl (C=O) groups is 1. The summed E-state index contributed by atoms with van der Waals surface area (Å²) in [6.07, 6.45) is 0.979. The van der Waals surface area contributed by atoms with E-state index in [4.69, 9.17) is 5.14 Å². The van der Waals surface area contributed by atoms with Gasteiger partial charge in [0, 0.05) is 19.2 Å². The smallest absolute Gasteiger partial charge is 0.253 e. The van der Waals surface area contributed by atoms with Gasteiger partial charge in [-0.1, -0.05) is 26.3 Å². The first-order valence-corrected chi connectivity index (χ1v) is 8.52. The van der Waals surface area contributed by atoms with Crippen LogP contribution in [-0.4, -0.2) is 32.8 Å². The Labute approximate surface area is 127 Å². The van der Waals surface area contributed by atoms with E-state index in [0.29, 0.717) is 23.6 Å². The maximum Gasteiger partial charge on any atom is 0.253 e. The lowest BCUT2D eigenvalue weighted by Crippen LogP contribution is -2.31. The Morgan fingerprint density at radius 3 is 2.33 bits per heavy atom. The van der Waals surface area contributed by atoms with E-state index >= 15 is 0 Å². The summed E-state index contributed by atoms with van der Waals surface area (Å²) in [5, 5.41) is 5.20. The molecule has 0 aromatic heterocycles. The SMILES string of the molecule is CCC(C)CN(C)C(=O)c1cc(S(N)(=O)=O)c(C)cc1C. The van der Waals surface area contributed by atoms with Gasteiger partial charge >= 0.3 is 0 Å². The summed E-state index contributed by atoms with van der Waals surface area (Å²) in [4.78, 5) is 14.1. The minimum Gasteiger partial charge on any atom is -0.341 e. The van der Waals surface area contributed by atoms with Crippen LogP contribution in [0.2, 0.25) is 0 Å². The zero-order valence-corrected chi connectivity index (χ0v) is 14.1. The molecular weight excluding hydrogens is 288 g/mol. The van der Waals surface area contributed by atoms with Gasteiger partial charge in [-0.2, -0.15) is 0 Å². The van der Waals surface area contributed by atoms with E-state index in [-0.39, 0.29) is 10.8 Å². The lowest BCUT2D eigenvalue weighted by Gasteiger charge is -2.22. The standard InChI is InChI=1S/C15H24N2O3S/c1-6-10(2)9-17(5)15(18)13-8-14(21(16,19)20)12(4)7-11(13)3/h7-8,10H,6,9H2,1-5H3,(H2,16,19,20). The van der Waals surface area contributed by atoms with Crippen LogP contribution < -0.4 is 5.14 Å². The van der Waals surface area contributed by atoms with E-state index in [1.807, 2.05) is 0 Å². The third-order valence-electron chi connectivity index (χ3n) is 3.69. The second kappa shape index (κ2) is 6.58. The molecule has 1 amide bonds. The minimum atomic E-state index is -3.83. The largest absolute Gasteiger partial charge is 0.341 e. The van der Waals surface area contributed by atoms with Crippen molar-refractivity contribution in [3.63, 3.8) is 0 Å². The molecule has 0 spiro atoms. The Balaban J connectivity index is 3.22. The number of primary sulfonamides is 1. The van der Waals surface area contributed by atoms with Crippen LogP contribution in [0.15, 0.2) is 17.0 Å². The van der Waals surface area contributed by atoms with E-state index in [9.17, 15) is 13.2 Å². The van der Waals surface area contributed by atoms with Gasteiger partial charge in [0.1, 0.15) is 0 Å². The van der Waals surface area contributed by atoms with Crippen LogP contribution in [0.4, 0.5) is 0 Å². The van der Waals surface area contributed by atoms with Gasteiger partial charge in [-0.15, -0.1) is 0 Å². The maximum absolute atomic E-state index is 12.5. The van der Waals surface area contributed by atoms with Crippen LogP contribution in [0.25, 0.3) is 0 Å². The number of carbonyl (C=O) groups excluding carboxylic acids is 1. The van der Waals surface area contributed by atoms with Crippen molar-refractivity contribution in [2.75, 3.05) is 13.6 Å². The number of amides is 1. The number of aryl methyl sites for hydroxylation is 2. The third-order valence-corrected chi connectivity index (χ3v) is 4.74. The van der Waals surface area contributed by atoms with Gasteiger partial charge in [0.25, 0.3) is 5.91 Å². The molecule has 1 aromatic carbocycles. The van der Waals surface area contributed by atoms with Crippen molar-refractivity contribution in [2.45, 2.75) is 39.0 Å². The Morgan fingerprint density at radius 2 is 1.86 bits per heavy atom. The zero-order chi connectivity index (χ0) is 16.4. The predicted molar refractivity (Wildman–Crippen MR) is 83.7 cm³/mol. The fourth-order valence-electron chi connectivity index (χ4n) is 2.25. The van der Waals surface area contributed by atoms with Crippen molar-refractivity contribution in [1.82, 2.24) is 4.90 Å². The first-order chi connectivity index (χ1) is 9.57. The summed E-state index contributed by atoms with van der Waals surface area (Å²) in [6, 6.07) is 3.07. The molecule has 1 rings (SSSR count). The number of hydrogen-bond donors (Lipinski definition) is 1. The van der Waals surface area contributed by atoms with Gasteiger partial charge in [0.2, 0.25) is 10.0 Å². The number of sulfonamides is 1. The summed E-state index contributed by atoms with van der Waals surface area (Å²) in [7, 11) is -2.10. The molecule has 0 aliphatic carbocycles. The highest BCUT2D eigenvalue weighted by molar-refractivity contribution is 7.89. The molecule has 0 saturated carbocycles. The molecule has 21 heavy (non-hydrogen) atoms. The van der Waals surface area contributed by atoms with Crippen LogP contribution in [-0.2, 0) is 10.0 Å². The number of hydrogen-bond acceptors (Lipinski definition) is 3. The fourth-order valence-corrected chi connectivity index (χ4v) is 3.04. The van der Waals surface area contributed by atoms with Crippen molar-refractivity contribution in [3.8, 4) is 0 Å². The molecule has 0 saturated heterocycles. The van der Waals surface area contributed by atoms with Crippen LogP contribution in [0, 0.1) is 19.8 Å². The summed E-state index contributed by atoms with van der Waals surface area (Å²) < 4.78 is 23.2. The van der Waals surface area contributed by atoms with Gasteiger partial charge in [0.15, 0.2) is 0 Å². The molecule has 0 aliphatic heterocycles. The molecular formula is C15H24N2O3S. The van der Waals surface area contributed by atoms with Crippen molar-refractivity contribution in [1.29, 1.82) is 0 Å². The van der Waals surface area contributed by atoms with Crippen LogP contribution in [0.3, 0.4) is 0 Å². The van der Waals surface area contributed by atoms with E-state index in [0.717, 1.165) is 12.0 Å². The molecule has 6 heteroatoms. The summed E-state index contributed by atoms with van der Waals surface area (Å²) in [5.74, 6) is 0.208. The van der Waals surface area contributed by atoms with Gasteiger partial charge in [-0.3, -0.25) is 4.79 Å². The molecule has 1 unspecified atom stereocenters. The van der Waals surface area contributed by atoms with E-state index in [2.05, 4.69) is 13.8 Å². The quantitative estimate of drug-likeness (QED) is 0.903. The molecule has 1 aromatic rings. The van der Waals surface area contributed by atoms with Crippen molar-refractivity contribution < 1.29 is 13.2 Å². The molecule has 5 nitrogen and oxygen atoms in total. The Kier molecular flexibility index (Phi) is 5.53. The second-order valence-corrected chi connectivity index (χ2v) is 7.21. The molecule has 118 valence electrons. The van der Waals surface area contributed by atoms with E-state index in [1.54, 1.807) is 31.9 Å². The van der Waals surface area contributed by atoms with Gasteiger partial charge in [0.05, 0.1) is 4.90 Å². The molecule has 0 radical (unpaired) electrons. The molecule has 0 heterocycles. The molecule has 2 N–H and O–H groups in total. The Hall–Kier alpha value is -1.40. The average molecular weight is 312 g/mol. The number of rotatable bonds is 5. The van der Waals surface area contributed by atoms with E-state index in [1.165, 1.54) is 6.07 Å². The normalized spacial score (nSPS) is 13.0. The van der Waals surface area contributed by atoms with Crippen molar-refractivity contribution in [3.05, 3.63) is 28.8 Å². The predicted octanol–water partition coefficient (Wildman–Crippen LogP) is 2.07. The van der Waals surface area contributed by atoms with Crippen molar-refractivity contribution in [2.24, 2.45) is 11.1 Å².